The summed E-state index contributed by atoms with van der Waals surface area (Å²) >= 11 is 1.37. The second kappa shape index (κ2) is 7.08. The lowest BCUT2D eigenvalue weighted by molar-refractivity contribution is -0.117. The van der Waals surface area contributed by atoms with Gasteiger partial charge in [-0.15, -0.1) is 11.8 Å². The highest BCUT2D eigenvalue weighted by Crippen LogP contribution is 2.30. The van der Waals surface area contributed by atoms with Crippen LogP contribution in [0.15, 0.2) is 30.3 Å². The number of nitrogens with one attached hydrogen (secondary N) is 1. The first-order chi connectivity index (χ1) is 10.5. The van der Waals surface area contributed by atoms with E-state index in [1.807, 2.05) is 37.3 Å². The Labute approximate surface area is 132 Å². The molecule has 0 saturated heterocycles. The fraction of sp³-hybridized carbons (Fsp3) is 0.286. The Morgan fingerprint density at radius 1 is 1.18 bits per heavy atom. The van der Waals surface area contributed by atoms with E-state index in [0.29, 0.717) is 11.8 Å². The number of aromatic nitrogens is 3. The summed E-state index contributed by atoms with van der Waals surface area (Å²) in [5, 5.41) is 2.60. The Morgan fingerprint density at radius 2 is 1.86 bits per heavy atom. The highest BCUT2D eigenvalue weighted by Gasteiger charge is 2.19. The number of thioether (sulfide) groups is 1. The maximum Gasteiger partial charge on any atom is 0.232 e. The van der Waals surface area contributed by atoms with Crippen LogP contribution in [0.5, 0.6) is 0 Å². The number of para-hydroxylation sites is 1. The molecule has 1 amide bonds. The van der Waals surface area contributed by atoms with Crippen LogP contribution < -0.4 is 16.8 Å². The number of carbonyl (C=O) groups is 1. The van der Waals surface area contributed by atoms with Gasteiger partial charge in [-0.05, 0) is 26.0 Å². The standard InChI is InChI=1S/C14H18N6OS/c1-8(11(15)21)22-9(2)12-18-13(16)20-14(19-12)17-10-6-4-3-5-7-10/h3-9H,1-2H3,(H2,15,21)(H3,16,17,18,19,20). The number of nitrogen functional groups attached to an aromatic ring is 1. The number of rotatable bonds is 6. The average Bonchev–Trinajstić information content (AvgIpc) is 2.47. The second-order valence-electron chi connectivity index (χ2n) is 4.69. The van der Waals surface area contributed by atoms with Gasteiger partial charge in [-0.1, -0.05) is 18.2 Å². The molecule has 2 rings (SSSR count). The molecule has 0 bridgehead atoms. The van der Waals surface area contributed by atoms with Gasteiger partial charge in [0.15, 0.2) is 0 Å². The molecule has 0 radical (unpaired) electrons. The van der Waals surface area contributed by atoms with Crippen LogP contribution in [-0.4, -0.2) is 26.1 Å². The highest BCUT2D eigenvalue weighted by molar-refractivity contribution is 8.00. The first-order valence-electron chi connectivity index (χ1n) is 6.74. The first-order valence-corrected chi connectivity index (χ1v) is 7.68. The number of hydrogen-bond donors (Lipinski definition) is 3. The average molecular weight is 318 g/mol. The Kier molecular flexibility index (Phi) is 5.16. The summed E-state index contributed by atoms with van der Waals surface area (Å²) in [7, 11) is 0. The van der Waals surface area contributed by atoms with Crippen molar-refractivity contribution < 1.29 is 4.79 Å². The molecule has 0 aliphatic heterocycles. The van der Waals surface area contributed by atoms with E-state index in [4.69, 9.17) is 11.5 Å². The molecule has 0 fully saturated rings. The minimum Gasteiger partial charge on any atom is -0.369 e. The zero-order chi connectivity index (χ0) is 16.1. The molecule has 1 heterocycles. The molecule has 1 aromatic carbocycles. The number of benzene rings is 1. The number of carbonyl (C=O) groups excluding carboxylic acids is 1. The molecule has 0 spiro atoms. The van der Waals surface area contributed by atoms with Gasteiger partial charge in [0.25, 0.3) is 0 Å². The zero-order valence-electron chi connectivity index (χ0n) is 12.4. The molecule has 2 atom stereocenters. The lowest BCUT2D eigenvalue weighted by Gasteiger charge is -2.14. The van der Waals surface area contributed by atoms with E-state index in [-0.39, 0.29) is 22.4 Å². The molecular weight excluding hydrogens is 300 g/mol. The van der Waals surface area contributed by atoms with Crippen LogP contribution in [0.1, 0.15) is 24.9 Å². The van der Waals surface area contributed by atoms with Gasteiger partial charge in [0, 0.05) is 5.69 Å². The monoisotopic (exact) mass is 318 g/mol. The number of amides is 1. The number of primary amides is 1. The van der Waals surface area contributed by atoms with E-state index in [9.17, 15) is 4.79 Å². The van der Waals surface area contributed by atoms with Gasteiger partial charge in [0.1, 0.15) is 5.82 Å². The summed E-state index contributed by atoms with van der Waals surface area (Å²) in [6.07, 6.45) is 0. The fourth-order valence-electron chi connectivity index (χ4n) is 1.73. The smallest absolute Gasteiger partial charge is 0.232 e. The van der Waals surface area contributed by atoms with Crippen LogP contribution in [0.2, 0.25) is 0 Å². The Balaban J connectivity index is 2.17. The quantitative estimate of drug-likeness (QED) is 0.743. The van der Waals surface area contributed by atoms with Gasteiger partial charge < -0.3 is 16.8 Å². The molecular formula is C14H18N6OS. The first kappa shape index (κ1) is 16.0. The van der Waals surface area contributed by atoms with Crippen molar-refractivity contribution in [2.24, 2.45) is 5.73 Å². The number of nitrogens with zero attached hydrogens (tertiary/aromatic N) is 3. The predicted molar refractivity (Wildman–Crippen MR) is 88.6 cm³/mol. The van der Waals surface area contributed by atoms with Crippen molar-refractivity contribution in [3.8, 4) is 0 Å². The third-order valence-corrected chi connectivity index (χ3v) is 4.13. The molecule has 1 aromatic heterocycles. The SMILES string of the molecule is CC(SC(C)c1nc(N)nc(Nc2ccccc2)n1)C(N)=O. The van der Waals surface area contributed by atoms with Crippen LogP contribution >= 0.6 is 11.8 Å². The predicted octanol–water partition coefficient (Wildman–Crippen LogP) is 1.87. The minimum atomic E-state index is -0.374. The van der Waals surface area contributed by atoms with Crippen molar-refractivity contribution in [2.75, 3.05) is 11.1 Å². The maximum absolute atomic E-state index is 11.2. The van der Waals surface area contributed by atoms with Crippen LogP contribution in [0.25, 0.3) is 0 Å². The summed E-state index contributed by atoms with van der Waals surface area (Å²) in [5.41, 5.74) is 11.9. The topological polar surface area (TPSA) is 120 Å². The van der Waals surface area contributed by atoms with Crippen LogP contribution in [-0.2, 0) is 4.79 Å². The third kappa shape index (κ3) is 4.32. The molecule has 8 heteroatoms. The summed E-state index contributed by atoms with van der Waals surface area (Å²) < 4.78 is 0. The largest absolute Gasteiger partial charge is 0.369 e. The summed E-state index contributed by atoms with van der Waals surface area (Å²) in [4.78, 5) is 23.7. The fourth-order valence-corrected chi connectivity index (χ4v) is 2.71. The summed E-state index contributed by atoms with van der Waals surface area (Å²) in [6, 6.07) is 9.52. The third-order valence-electron chi connectivity index (χ3n) is 2.87. The van der Waals surface area contributed by atoms with Crippen LogP contribution in [0, 0.1) is 0 Å². The van der Waals surface area contributed by atoms with E-state index in [2.05, 4.69) is 20.3 Å². The molecule has 5 N–H and O–H groups in total. The van der Waals surface area contributed by atoms with Crippen molar-refractivity contribution >= 4 is 35.3 Å². The highest BCUT2D eigenvalue weighted by atomic mass is 32.2. The molecule has 7 nitrogen and oxygen atoms in total. The molecule has 0 saturated carbocycles. The van der Waals surface area contributed by atoms with Crippen molar-refractivity contribution in [1.82, 2.24) is 15.0 Å². The van der Waals surface area contributed by atoms with Gasteiger partial charge in [-0.2, -0.15) is 15.0 Å². The molecule has 2 unspecified atom stereocenters. The Hall–Kier alpha value is -2.35. The summed E-state index contributed by atoms with van der Waals surface area (Å²) in [6.45, 7) is 3.64. The van der Waals surface area contributed by atoms with E-state index < -0.39 is 0 Å². The van der Waals surface area contributed by atoms with E-state index in [1.54, 1.807) is 6.92 Å². The Bertz CT molecular complexity index is 651. The minimum absolute atomic E-state index is 0.127. The van der Waals surface area contributed by atoms with Crippen molar-refractivity contribution in [3.63, 3.8) is 0 Å². The van der Waals surface area contributed by atoms with Gasteiger partial charge in [-0.3, -0.25) is 4.79 Å². The van der Waals surface area contributed by atoms with E-state index in [1.165, 1.54) is 11.8 Å². The van der Waals surface area contributed by atoms with Crippen LogP contribution in [0.4, 0.5) is 17.6 Å². The molecule has 2 aromatic rings. The Morgan fingerprint density at radius 3 is 2.50 bits per heavy atom. The number of hydrogen-bond acceptors (Lipinski definition) is 7. The molecule has 22 heavy (non-hydrogen) atoms. The van der Waals surface area contributed by atoms with Crippen molar-refractivity contribution in [2.45, 2.75) is 24.3 Å². The number of anilines is 3. The lowest BCUT2D eigenvalue weighted by Crippen LogP contribution is -2.23. The van der Waals surface area contributed by atoms with Crippen molar-refractivity contribution in [1.29, 1.82) is 0 Å². The van der Waals surface area contributed by atoms with Gasteiger partial charge in [-0.25, -0.2) is 0 Å². The zero-order valence-corrected chi connectivity index (χ0v) is 13.2. The second-order valence-corrected chi connectivity index (χ2v) is 6.38. The maximum atomic E-state index is 11.2. The normalized spacial score (nSPS) is 13.4. The van der Waals surface area contributed by atoms with Crippen LogP contribution in [0.3, 0.4) is 0 Å². The van der Waals surface area contributed by atoms with Gasteiger partial charge >= 0.3 is 0 Å². The lowest BCUT2D eigenvalue weighted by atomic mass is 10.3. The van der Waals surface area contributed by atoms with Crippen molar-refractivity contribution in [3.05, 3.63) is 36.2 Å². The van der Waals surface area contributed by atoms with Gasteiger partial charge in [0.05, 0.1) is 10.5 Å². The van der Waals surface area contributed by atoms with Gasteiger partial charge in [0.2, 0.25) is 17.8 Å². The molecule has 0 aliphatic rings. The summed E-state index contributed by atoms with van der Waals surface area (Å²) in [5.74, 6) is 0.626. The molecule has 0 aliphatic carbocycles. The van der Waals surface area contributed by atoms with E-state index >= 15 is 0 Å². The van der Waals surface area contributed by atoms with E-state index in [0.717, 1.165) is 5.69 Å². The number of nitrogens with two attached hydrogens (primary N) is 2. The molecule has 116 valence electrons.